The van der Waals surface area contributed by atoms with Crippen LogP contribution < -0.4 is 10.6 Å². The van der Waals surface area contributed by atoms with Gasteiger partial charge in [0.25, 0.3) is 0 Å². The van der Waals surface area contributed by atoms with Gasteiger partial charge in [-0.25, -0.2) is 0 Å². The largest absolute Gasteiger partial charge is 0.354 e. The Balaban J connectivity index is 0.00000312. The Kier molecular flexibility index (Phi) is 9.52. The molecule has 0 saturated heterocycles. The van der Waals surface area contributed by atoms with E-state index in [0.717, 1.165) is 19.0 Å². The zero-order valence-corrected chi connectivity index (χ0v) is 17.8. The highest BCUT2D eigenvalue weighted by Gasteiger charge is 2.14. The number of nitrogens with zero attached hydrogens (tertiary/aromatic N) is 2. The molecule has 0 aromatic heterocycles. The van der Waals surface area contributed by atoms with Crippen molar-refractivity contribution in [2.24, 2.45) is 4.99 Å². The molecule has 2 rings (SSSR count). The second kappa shape index (κ2) is 11.1. The Hall–Kier alpha value is -1.60. The van der Waals surface area contributed by atoms with Gasteiger partial charge in [-0.3, -0.25) is 4.99 Å². The lowest BCUT2D eigenvalue weighted by molar-refractivity contribution is 0.298. The lowest BCUT2D eigenvalue weighted by Crippen LogP contribution is -2.41. The number of aryl methyl sites for hydroxylation is 1. The highest BCUT2D eigenvalue weighted by molar-refractivity contribution is 14.0. The van der Waals surface area contributed by atoms with E-state index in [0.29, 0.717) is 6.04 Å². The van der Waals surface area contributed by atoms with Crippen molar-refractivity contribution in [1.82, 2.24) is 15.5 Å². The number of hydrogen-bond donors (Lipinski definition) is 2. The Bertz CT molecular complexity index is 656. The lowest BCUT2D eigenvalue weighted by atomic mass is 10.1. The minimum Gasteiger partial charge on any atom is -0.354 e. The van der Waals surface area contributed by atoms with Crippen molar-refractivity contribution >= 4 is 29.9 Å². The molecule has 0 bridgehead atoms. The molecule has 0 saturated carbocycles. The highest BCUT2D eigenvalue weighted by atomic mass is 127. The number of nitrogens with one attached hydrogen (secondary N) is 2. The maximum atomic E-state index is 4.33. The summed E-state index contributed by atoms with van der Waals surface area (Å²) in [6, 6.07) is 19.3. The summed E-state index contributed by atoms with van der Waals surface area (Å²) in [5.74, 6) is 0.819. The van der Waals surface area contributed by atoms with E-state index in [1.54, 1.807) is 7.05 Å². The van der Waals surface area contributed by atoms with Gasteiger partial charge < -0.3 is 15.5 Å². The van der Waals surface area contributed by atoms with Crippen LogP contribution in [0, 0.1) is 6.92 Å². The quantitative estimate of drug-likeness (QED) is 0.400. The zero-order valence-electron chi connectivity index (χ0n) is 15.5. The topological polar surface area (TPSA) is 39.7 Å². The Morgan fingerprint density at radius 1 is 1.04 bits per heavy atom. The first-order valence-corrected chi connectivity index (χ1v) is 8.31. The van der Waals surface area contributed by atoms with Gasteiger partial charge in [-0.15, -0.1) is 24.0 Å². The molecule has 5 heteroatoms. The van der Waals surface area contributed by atoms with E-state index in [1.807, 2.05) is 6.07 Å². The predicted molar refractivity (Wildman–Crippen MR) is 118 cm³/mol. The van der Waals surface area contributed by atoms with Gasteiger partial charge in [0.15, 0.2) is 5.96 Å². The lowest BCUT2D eigenvalue weighted by Gasteiger charge is -2.26. The number of likely N-dealkylation sites (N-methyl/N-ethyl adjacent to an activating group) is 1. The van der Waals surface area contributed by atoms with Crippen LogP contribution >= 0.6 is 24.0 Å². The van der Waals surface area contributed by atoms with E-state index in [4.69, 9.17) is 0 Å². The number of halogens is 1. The van der Waals surface area contributed by atoms with Crippen LogP contribution in [0.5, 0.6) is 0 Å². The van der Waals surface area contributed by atoms with Crippen molar-refractivity contribution in [2.45, 2.75) is 19.5 Å². The van der Waals surface area contributed by atoms with Crippen LogP contribution in [-0.4, -0.2) is 38.5 Å². The summed E-state index contributed by atoms with van der Waals surface area (Å²) in [5, 5.41) is 6.81. The number of aliphatic imine (C=N–C) groups is 1. The number of guanidine groups is 1. The molecule has 2 aromatic rings. The Morgan fingerprint density at radius 3 is 2.36 bits per heavy atom. The van der Waals surface area contributed by atoms with Gasteiger partial charge >= 0.3 is 0 Å². The normalized spacial score (nSPS) is 12.4. The summed E-state index contributed by atoms with van der Waals surface area (Å²) in [7, 11) is 6.00. The number of benzene rings is 2. The van der Waals surface area contributed by atoms with Gasteiger partial charge in [-0.05, 0) is 32.1 Å². The summed E-state index contributed by atoms with van der Waals surface area (Å²) in [6.07, 6.45) is 0. The third-order valence-corrected chi connectivity index (χ3v) is 4.04. The van der Waals surface area contributed by atoms with Crippen molar-refractivity contribution in [1.29, 1.82) is 0 Å². The zero-order chi connectivity index (χ0) is 17.4. The maximum Gasteiger partial charge on any atom is 0.191 e. The van der Waals surface area contributed by atoms with Gasteiger partial charge in [-0.1, -0.05) is 60.2 Å². The monoisotopic (exact) mass is 452 g/mol. The van der Waals surface area contributed by atoms with Crippen LogP contribution in [0.25, 0.3) is 0 Å². The van der Waals surface area contributed by atoms with Crippen molar-refractivity contribution in [3.05, 3.63) is 71.3 Å². The van der Waals surface area contributed by atoms with Gasteiger partial charge in [0, 0.05) is 20.1 Å². The van der Waals surface area contributed by atoms with Crippen molar-refractivity contribution in [3.8, 4) is 0 Å². The van der Waals surface area contributed by atoms with Gasteiger partial charge in [0.05, 0.1) is 6.04 Å². The van der Waals surface area contributed by atoms with Crippen LogP contribution in [0.2, 0.25) is 0 Å². The van der Waals surface area contributed by atoms with Crippen molar-refractivity contribution < 1.29 is 0 Å². The first kappa shape index (κ1) is 21.4. The van der Waals surface area contributed by atoms with E-state index in [9.17, 15) is 0 Å². The maximum absolute atomic E-state index is 4.33. The standard InChI is InChI=1S/C20H28N4.HI/c1-16-9-8-10-17(13-16)14-22-20(21-2)23-15-19(24(3)4)18-11-6-5-7-12-18;/h5-13,19H,14-15H2,1-4H3,(H2,21,22,23);1H. The molecular weight excluding hydrogens is 423 g/mol. The minimum absolute atomic E-state index is 0. The molecule has 136 valence electrons. The third-order valence-electron chi connectivity index (χ3n) is 4.04. The first-order chi connectivity index (χ1) is 11.6. The fraction of sp³-hybridized carbons (Fsp3) is 0.350. The van der Waals surface area contributed by atoms with Crippen LogP contribution in [0.1, 0.15) is 22.7 Å². The minimum atomic E-state index is 0. The van der Waals surface area contributed by atoms with E-state index < -0.39 is 0 Å². The van der Waals surface area contributed by atoms with Crippen LogP contribution in [0.3, 0.4) is 0 Å². The molecule has 1 unspecified atom stereocenters. The molecule has 0 aliphatic carbocycles. The molecule has 25 heavy (non-hydrogen) atoms. The summed E-state index contributed by atoms with van der Waals surface area (Å²) < 4.78 is 0. The van der Waals surface area contributed by atoms with E-state index in [2.05, 4.69) is 90.1 Å². The molecule has 2 N–H and O–H groups in total. The Labute approximate surface area is 168 Å². The van der Waals surface area contributed by atoms with Gasteiger partial charge in [0.1, 0.15) is 0 Å². The molecule has 2 aromatic carbocycles. The molecule has 0 heterocycles. The van der Waals surface area contributed by atoms with Crippen LogP contribution in [-0.2, 0) is 6.54 Å². The van der Waals surface area contributed by atoms with Gasteiger partial charge in [0.2, 0.25) is 0 Å². The fourth-order valence-electron chi connectivity index (χ4n) is 2.70. The highest BCUT2D eigenvalue weighted by Crippen LogP contribution is 2.16. The molecule has 1 atom stereocenters. The van der Waals surface area contributed by atoms with Crippen LogP contribution in [0.4, 0.5) is 0 Å². The predicted octanol–water partition coefficient (Wildman–Crippen LogP) is 3.58. The van der Waals surface area contributed by atoms with Crippen LogP contribution in [0.15, 0.2) is 59.6 Å². The molecule has 0 fully saturated rings. The number of hydrogen-bond acceptors (Lipinski definition) is 2. The average molecular weight is 452 g/mol. The van der Waals surface area contributed by atoms with E-state index >= 15 is 0 Å². The molecule has 4 nitrogen and oxygen atoms in total. The second-order valence-electron chi connectivity index (χ2n) is 6.19. The molecular formula is C20H29IN4. The van der Waals surface area contributed by atoms with E-state index in [1.165, 1.54) is 16.7 Å². The number of rotatable bonds is 6. The summed E-state index contributed by atoms with van der Waals surface area (Å²) in [4.78, 5) is 6.54. The molecule has 0 spiro atoms. The molecule has 0 amide bonds. The van der Waals surface area contributed by atoms with Crippen molar-refractivity contribution in [3.63, 3.8) is 0 Å². The fourth-order valence-corrected chi connectivity index (χ4v) is 2.70. The van der Waals surface area contributed by atoms with Crippen molar-refractivity contribution in [2.75, 3.05) is 27.7 Å². The summed E-state index contributed by atoms with van der Waals surface area (Å²) in [5.41, 5.74) is 3.82. The summed E-state index contributed by atoms with van der Waals surface area (Å²) in [6.45, 7) is 3.67. The van der Waals surface area contributed by atoms with Gasteiger partial charge in [-0.2, -0.15) is 0 Å². The summed E-state index contributed by atoms with van der Waals surface area (Å²) >= 11 is 0. The SMILES string of the molecule is CN=C(NCc1cccc(C)c1)NCC(c1ccccc1)N(C)C.I. The average Bonchev–Trinajstić information content (AvgIpc) is 2.58. The first-order valence-electron chi connectivity index (χ1n) is 8.31. The second-order valence-corrected chi connectivity index (χ2v) is 6.19. The van der Waals surface area contributed by atoms with E-state index in [-0.39, 0.29) is 24.0 Å². The Morgan fingerprint density at radius 2 is 1.76 bits per heavy atom. The molecule has 0 radical (unpaired) electrons. The third kappa shape index (κ3) is 7.04. The smallest absolute Gasteiger partial charge is 0.191 e. The molecule has 0 aliphatic heterocycles. The molecule has 0 aliphatic rings.